The van der Waals surface area contributed by atoms with E-state index in [2.05, 4.69) is 10.3 Å². The Bertz CT molecular complexity index is 696. The number of benzene rings is 1. The lowest BCUT2D eigenvalue weighted by atomic mass is 9.96. The summed E-state index contributed by atoms with van der Waals surface area (Å²) in [5.41, 5.74) is 2.01. The minimum absolute atomic E-state index is 0.201. The van der Waals surface area contributed by atoms with Gasteiger partial charge < -0.3 is 15.0 Å². The second-order valence-electron chi connectivity index (χ2n) is 5.86. The van der Waals surface area contributed by atoms with E-state index in [4.69, 9.17) is 0 Å². The van der Waals surface area contributed by atoms with Crippen molar-refractivity contribution in [2.24, 2.45) is 5.92 Å². The first-order valence-corrected chi connectivity index (χ1v) is 7.69. The number of nitrogens with zero attached hydrogens (tertiary/aromatic N) is 2. The van der Waals surface area contributed by atoms with Crippen LogP contribution in [0.25, 0.3) is 0 Å². The molecule has 0 aliphatic carbocycles. The van der Waals surface area contributed by atoms with E-state index >= 15 is 0 Å². The zero-order valence-electron chi connectivity index (χ0n) is 12.7. The zero-order valence-corrected chi connectivity index (χ0v) is 12.7. The van der Waals surface area contributed by atoms with Crippen molar-refractivity contribution in [1.82, 2.24) is 14.9 Å². The molecule has 6 heteroatoms. The second-order valence-corrected chi connectivity index (χ2v) is 5.86. The van der Waals surface area contributed by atoms with Gasteiger partial charge in [-0.2, -0.15) is 0 Å². The average Bonchev–Trinajstić information content (AvgIpc) is 3.02. The predicted molar refractivity (Wildman–Crippen MR) is 83.8 cm³/mol. The van der Waals surface area contributed by atoms with Gasteiger partial charge in [-0.3, -0.25) is 4.79 Å². The highest BCUT2D eigenvalue weighted by molar-refractivity contribution is 5.85. The molecule has 120 valence electrons. The van der Waals surface area contributed by atoms with Crippen molar-refractivity contribution in [3.63, 3.8) is 0 Å². The van der Waals surface area contributed by atoms with Crippen LogP contribution in [0, 0.1) is 5.92 Å². The van der Waals surface area contributed by atoms with Crippen LogP contribution >= 0.6 is 0 Å². The molecule has 0 spiro atoms. The quantitative estimate of drug-likeness (QED) is 0.870. The van der Waals surface area contributed by atoms with Gasteiger partial charge in [0.25, 0.3) is 0 Å². The number of aryl methyl sites for hydroxylation is 1. The monoisotopic (exact) mass is 313 g/mol. The van der Waals surface area contributed by atoms with Gasteiger partial charge in [0, 0.05) is 24.9 Å². The summed E-state index contributed by atoms with van der Waals surface area (Å²) < 4.78 is 1.96. The van der Waals surface area contributed by atoms with Gasteiger partial charge in [0.15, 0.2) is 0 Å². The Kier molecular flexibility index (Phi) is 4.41. The van der Waals surface area contributed by atoms with Crippen LogP contribution in [-0.2, 0) is 29.0 Å². The van der Waals surface area contributed by atoms with E-state index < -0.39 is 12.0 Å². The van der Waals surface area contributed by atoms with Crippen molar-refractivity contribution >= 4 is 11.9 Å². The van der Waals surface area contributed by atoms with Crippen LogP contribution in [0.15, 0.2) is 42.9 Å². The number of hydrogen-bond acceptors (Lipinski definition) is 3. The first-order chi connectivity index (χ1) is 11.1. The fraction of sp³-hybridized carbons (Fsp3) is 0.353. The fourth-order valence-corrected chi connectivity index (χ4v) is 2.93. The van der Waals surface area contributed by atoms with Crippen LogP contribution in [0.1, 0.15) is 17.7 Å². The van der Waals surface area contributed by atoms with Crippen LogP contribution in [0.5, 0.6) is 0 Å². The largest absolute Gasteiger partial charge is 0.480 e. The third-order valence-electron chi connectivity index (χ3n) is 4.23. The van der Waals surface area contributed by atoms with Gasteiger partial charge in [0.05, 0.1) is 12.2 Å². The van der Waals surface area contributed by atoms with Crippen LogP contribution in [0.3, 0.4) is 0 Å². The summed E-state index contributed by atoms with van der Waals surface area (Å²) in [7, 11) is 0. The summed E-state index contributed by atoms with van der Waals surface area (Å²) in [6, 6.07) is 8.41. The summed E-state index contributed by atoms with van der Waals surface area (Å²) in [6.45, 7) is 0.554. The molecule has 3 rings (SSSR count). The Morgan fingerprint density at radius 3 is 2.87 bits per heavy atom. The molecule has 1 aliphatic rings. The molecule has 0 fully saturated rings. The molecule has 1 aromatic carbocycles. The molecule has 2 atom stereocenters. The number of aliphatic carboxylic acids is 1. The molecule has 1 amide bonds. The second kappa shape index (κ2) is 6.64. The van der Waals surface area contributed by atoms with Gasteiger partial charge in [0.2, 0.25) is 5.91 Å². The summed E-state index contributed by atoms with van der Waals surface area (Å²) in [5.74, 6) is -1.43. The highest BCUT2D eigenvalue weighted by atomic mass is 16.4. The summed E-state index contributed by atoms with van der Waals surface area (Å²) in [4.78, 5) is 28.0. The number of amides is 1. The lowest BCUT2D eigenvalue weighted by Crippen LogP contribution is -2.46. The van der Waals surface area contributed by atoms with Crippen molar-refractivity contribution in [2.45, 2.75) is 31.8 Å². The Morgan fingerprint density at radius 1 is 1.35 bits per heavy atom. The van der Waals surface area contributed by atoms with E-state index in [0.29, 0.717) is 6.54 Å². The van der Waals surface area contributed by atoms with E-state index in [1.807, 2.05) is 41.1 Å². The predicted octanol–water partition coefficient (Wildman–Crippen LogP) is 1.26. The van der Waals surface area contributed by atoms with Crippen LogP contribution in [-0.4, -0.2) is 32.6 Å². The number of carbonyl (C=O) groups excluding carboxylic acids is 1. The Labute approximate surface area is 134 Å². The van der Waals surface area contributed by atoms with E-state index in [1.165, 1.54) is 0 Å². The smallest absolute Gasteiger partial charge is 0.326 e. The molecule has 6 nitrogen and oxygen atoms in total. The molecule has 2 N–H and O–H groups in total. The minimum Gasteiger partial charge on any atom is -0.480 e. The number of carboxylic acids is 1. The number of rotatable bonds is 5. The first-order valence-electron chi connectivity index (χ1n) is 7.69. The highest BCUT2D eigenvalue weighted by Crippen LogP contribution is 2.19. The van der Waals surface area contributed by atoms with Crippen molar-refractivity contribution in [3.8, 4) is 0 Å². The maximum atomic E-state index is 12.4. The molecular weight excluding hydrogens is 294 g/mol. The number of carboxylic acid groups (broad SMARTS) is 1. The minimum atomic E-state index is -1.01. The van der Waals surface area contributed by atoms with E-state index in [1.54, 1.807) is 6.33 Å². The molecular formula is C17H19N3O3. The normalized spacial score (nSPS) is 18.0. The molecule has 1 aliphatic heterocycles. The molecule has 0 bridgehead atoms. The van der Waals surface area contributed by atoms with Crippen LogP contribution in [0.4, 0.5) is 0 Å². The van der Waals surface area contributed by atoms with Gasteiger partial charge in [-0.1, -0.05) is 30.3 Å². The molecule has 2 heterocycles. The van der Waals surface area contributed by atoms with E-state index in [9.17, 15) is 14.7 Å². The average molecular weight is 313 g/mol. The van der Waals surface area contributed by atoms with Gasteiger partial charge in [0.1, 0.15) is 6.04 Å². The number of hydrogen-bond donors (Lipinski definition) is 2. The maximum Gasteiger partial charge on any atom is 0.326 e. The number of nitrogens with one attached hydrogen (secondary N) is 1. The molecule has 23 heavy (non-hydrogen) atoms. The number of fused-ring (bicyclic) bond motifs is 1. The molecule has 2 aromatic rings. The highest BCUT2D eigenvalue weighted by Gasteiger charge is 2.28. The van der Waals surface area contributed by atoms with Gasteiger partial charge >= 0.3 is 5.97 Å². The Morgan fingerprint density at radius 2 is 2.13 bits per heavy atom. The van der Waals surface area contributed by atoms with Crippen molar-refractivity contribution in [2.75, 3.05) is 0 Å². The molecule has 0 saturated heterocycles. The standard InChI is InChI=1S/C17H19N3O3/c21-16(13-6-7-14-9-18-11-20(14)10-13)19-15(17(22)23)8-12-4-2-1-3-5-12/h1-5,9,11,13,15H,6-8,10H2,(H,19,21)(H,22,23)/t13?,15-/m1/s1. The Balaban J connectivity index is 1.64. The molecule has 1 unspecified atom stereocenters. The topological polar surface area (TPSA) is 84.2 Å². The number of imidazole rings is 1. The lowest BCUT2D eigenvalue weighted by Gasteiger charge is -2.25. The summed E-state index contributed by atoms with van der Waals surface area (Å²) in [5, 5.41) is 12.1. The third-order valence-corrected chi connectivity index (χ3v) is 4.23. The van der Waals surface area contributed by atoms with Crippen molar-refractivity contribution in [3.05, 3.63) is 54.1 Å². The van der Waals surface area contributed by atoms with E-state index in [-0.39, 0.29) is 18.2 Å². The molecule has 0 saturated carbocycles. The fourth-order valence-electron chi connectivity index (χ4n) is 2.93. The van der Waals surface area contributed by atoms with Gasteiger partial charge in [-0.25, -0.2) is 9.78 Å². The van der Waals surface area contributed by atoms with E-state index in [0.717, 1.165) is 24.1 Å². The zero-order chi connectivity index (χ0) is 16.2. The van der Waals surface area contributed by atoms with Crippen molar-refractivity contribution in [1.29, 1.82) is 0 Å². The van der Waals surface area contributed by atoms with Gasteiger partial charge in [-0.05, 0) is 18.4 Å². The number of carbonyl (C=O) groups is 2. The first kappa shape index (κ1) is 15.3. The summed E-state index contributed by atoms with van der Waals surface area (Å²) in [6.07, 6.45) is 5.31. The van der Waals surface area contributed by atoms with Crippen LogP contribution in [0.2, 0.25) is 0 Å². The SMILES string of the molecule is O=C(N[C@H](Cc1ccccc1)C(=O)O)C1CCc2cncn2C1. The number of aromatic nitrogens is 2. The van der Waals surface area contributed by atoms with Gasteiger partial charge in [-0.15, -0.1) is 0 Å². The Hall–Kier alpha value is -2.63. The lowest BCUT2D eigenvalue weighted by molar-refractivity contribution is -0.142. The van der Waals surface area contributed by atoms with Crippen LogP contribution < -0.4 is 5.32 Å². The van der Waals surface area contributed by atoms with Crippen molar-refractivity contribution < 1.29 is 14.7 Å². The summed E-state index contributed by atoms with van der Waals surface area (Å²) >= 11 is 0. The maximum absolute atomic E-state index is 12.4. The third kappa shape index (κ3) is 3.59. The molecule has 1 aromatic heterocycles. The molecule has 0 radical (unpaired) electrons.